The number of carbonyl (C=O) groups excluding carboxylic acids is 1. The summed E-state index contributed by atoms with van der Waals surface area (Å²) in [6.07, 6.45) is 1.69. The number of hydrogen-bond acceptors (Lipinski definition) is 4. The SMILES string of the molecule is CCNC(=O)C1CCN(c2nc3ccc(F)cc3s2)CC1. The summed E-state index contributed by atoms with van der Waals surface area (Å²) in [5, 5.41) is 3.81. The first kappa shape index (κ1) is 14.3. The van der Waals surface area contributed by atoms with Gasteiger partial charge >= 0.3 is 0 Å². The van der Waals surface area contributed by atoms with Gasteiger partial charge in [0, 0.05) is 25.6 Å². The Kier molecular flexibility index (Phi) is 4.05. The second kappa shape index (κ2) is 5.97. The summed E-state index contributed by atoms with van der Waals surface area (Å²) >= 11 is 1.51. The van der Waals surface area contributed by atoms with Crippen molar-refractivity contribution in [2.75, 3.05) is 24.5 Å². The van der Waals surface area contributed by atoms with Crippen molar-refractivity contribution in [2.45, 2.75) is 19.8 Å². The number of hydrogen-bond donors (Lipinski definition) is 1. The topological polar surface area (TPSA) is 45.2 Å². The van der Waals surface area contributed by atoms with Crippen LogP contribution in [0.1, 0.15) is 19.8 Å². The van der Waals surface area contributed by atoms with E-state index in [4.69, 9.17) is 0 Å². The molecule has 0 saturated carbocycles. The maximum absolute atomic E-state index is 13.2. The Morgan fingerprint density at radius 2 is 2.24 bits per heavy atom. The molecule has 1 amide bonds. The van der Waals surface area contributed by atoms with Crippen molar-refractivity contribution in [1.29, 1.82) is 0 Å². The van der Waals surface area contributed by atoms with Gasteiger partial charge in [0.15, 0.2) is 5.13 Å². The second-order valence-electron chi connectivity index (χ2n) is 5.26. The average molecular weight is 307 g/mol. The van der Waals surface area contributed by atoms with E-state index in [0.29, 0.717) is 6.54 Å². The van der Waals surface area contributed by atoms with Crippen LogP contribution >= 0.6 is 11.3 Å². The Labute approximate surface area is 127 Å². The summed E-state index contributed by atoms with van der Waals surface area (Å²) in [5.41, 5.74) is 0.835. The van der Waals surface area contributed by atoms with Gasteiger partial charge in [-0.2, -0.15) is 0 Å². The summed E-state index contributed by atoms with van der Waals surface area (Å²) in [5.74, 6) is 0.0317. The summed E-state index contributed by atoms with van der Waals surface area (Å²) in [6, 6.07) is 4.68. The molecule has 1 aliphatic heterocycles. The molecule has 2 heterocycles. The van der Waals surface area contributed by atoms with E-state index in [1.807, 2.05) is 6.92 Å². The number of benzene rings is 1. The van der Waals surface area contributed by atoms with Gasteiger partial charge in [-0.1, -0.05) is 11.3 Å². The van der Waals surface area contributed by atoms with Gasteiger partial charge in [-0.25, -0.2) is 9.37 Å². The molecule has 112 valence electrons. The molecule has 6 heteroatoms. The van der Waals surface area contributed by atoms with E-state index in [1.54, 1.807) is 6.07 Å². The fourth-order valence-electron chi connectivity index (χ4n) is 2.67. The number of rotatable bonds is 3. The molecule has 0 spiro atoms. The molecular formula is C15H18FN3OS. The summed E-state index contributed by atoms with van der Waals surface area (Å²) in [6.45, 7) is 4.27. The summed E-state index contributed by atoms with van der Waals surface area (Å²) < 4.78 is 14.1. The third kappa shape index (κ3) is 3.00. The normalized spacial score (nSPS) is 16.4. The molecule has 3 rings (SSSR count). The van der Waals surface area contributed by atoms with Crippen molar-refractivity contribution in [3.05, 3.63) is 24.0 Å². The lowest BCUT2D eigenvalue weighted by Crippen LogP contribution is -2.40. The fraction of sp³-hybridized carbons (Fsp3) is 0.467. The van der Waals surface area contributed by atoms with Crippen molar-refractivity contribution in [3.63, 3.8) is 0 Å². The van der Waals surface area contributed by atoms with Gasteiger partial charge in [-0.3, -0.25) is 4.79 Å². The molecule has 0 radical (unpaired) electrons. The lowest BCUT2D eigenvalue weighted by molar-refractivity contribution is -0.125. The third-order valence-corrected chi connectivity index (χ3v) is 4.91. The molecule has 2 aromatic rings. The van der Waals surface area contributed by atoms with Gasteiger partial charge < -0.3 is 10.2 Å². The molecular weight excluding hydrogens is 289 g/mol. The standard InChI is InChI=1S/C15H18FN3OS/c1-2-17-14(20)10-5-7-19(8-6-10)15-18-12-4-3-11(16)9-13(12)21-15/h3-4,9-10H,2,5-8H2,1H3,(H,17,20). The van der Waals surface area contributed by atoms with E-state index < -0.39 is 0 Å². The highest BCUT2D eigenvalue weighted by Gasteiger charge is 2.26. The van der Waals surface area contributed by atoms with Gasteiger partial charge in [0.1, 0.15) is 5.82 Å². The van der Waals surface area contributed by atoms with Gasteiger partial charge in [0.2, 0.25) is 5.91 Å². The van der Waals surface area contributed by atoms with Crippen LogP contribution in [0.25, 0.3) is 10.2 Å². The van der Waals surface area contributed by atoms with Crippen molar-refractivity contribution in [2.24, 2.45) is 5.92 Å². The smallest absolute Gasteiger partial charge is 0.223 e. The molecule has 1 N–H and O–H groups in total. The van der Waals surface area contributed by atoms with Crippen molar-refractivity contribution in [3.8, 4) is 0 Å². The highest BCUT2D eigenvalue weighted by Crippen LogP contribution is 2.31. The number of carbonyl (C=O) groups is 1. The van der Waals surface area contributed by atoms with E-state index >= 15 is 0 Å². The van der Waals surface area contributed by atoms with E-state index in [1.165, 1.54) is 23.5 Å². The number of fused-ring (bicyclic) bond motifs is 1. The minimum atomic E-state index is -0.229. The Morgan fingerprint density at radius 3 is 2.95 bits per heavy atom. The maximum atomic E-state index is 13.2. The van der Waals surface area contributed by atoms with E-state index in [-0.39, 0.29) is 17.6 Å². The first-order valence-electron chi connectivity index (χ1n) is 7.26. The van der Waals surface area contributed by atoms with Crippen LogP contribution < -0.4 is 10.2 Å². The van der Waals surface area contributed by atoms with Crippen molar-refractivity contribution >= 4 is 32.6 Å². The molecule has 21 heavy (non-hydrogen) atoms. The maximum Gasteiger partial charge on any atom is 0.223 e. The molecule has 0 aliphatic carbocycles. The molecule has 1 saturated heterocycles. The number of nitrogens with zero attached hydrogens (tertiary/aromatic N) is 2. The Bertz CT molecular complexity index is 649. The zero-order valence-corrected chi connectivity index (χ0v) is 12.8. The zero-order valence-electron chi connectivity index (χ0n) is 11.9. The third-order valence-electron chi connectivity index (χ3n) is 3.83. The molecule has 4 nitrogen and oxygen atoms in total. The molecule has 1 aromatic carbocycles. The van der Waals surface area contributed by atoms with Gasteiger partial charge in [0.25, 0.3) is 0 Å². The Hall–Kier alpha value is -1.69. The lowest BCUT2D eigenvalue weighted by atomic mass is 9.96. The molecule has 1 aliphatic rings. The van der Waals surface area contributed by atoms with Crippen LogP contribution in [0.4, 0.5) is 9.52 Å². The predicted molar refractivity (Wildman–Crippen MR) is 83.2 cm³/mol. The van der Waals surface area contributed by atoms with E-state index in [9.17, 15) is 9.18 Å². The number of amides is 1. The average Bonchev–Trinajstić information content (AvgIpc) is 2.90. The van der Waals surface area contributed by atoms with Crippen molar-refractivity contribution < 1.29 is 9.18 Å². The first-order chi connectivity index (χ1) is 10.2. The molecule has 1 aromatic heterocycles. The Morgan fingerprint density at radius 1 is 1.48 bits per heavy atom. The minimum absolute atomic E-state index is 0.105. The minimum Gasteiger partial charge on any atom is -0.356 e. The van der Waals surface area contributed by atoms with E-state index in [2.05, 4.69) is 15.2 Å². The van der Waals surface area contributed by atoms with E-state index in [0.717, 1.165) is 41.3 Å². The van der Waals surface area contributed by atoms with Crippen LogP contribution in [-0.2, 0) is 4.79 Å². The largest absolute Gasteiger partial charge is 0.356 e. The fourth-order valence-corrected chi connectivity index (χ4v) is 3.72. The van der Waals surface area contributed by atoms with Gasteiger partial charge in [-0.05, 0) is 38.0 Å². The van der Waals surface area contributed by atoms with Crippen LogP contribution in [0.15, 0.2) is 18.2 Å². The number of aromatic nitrogens is 1. The molecule has 0 bridgehead atoms. The number of piperidine rings is 1. The number of anilines is 1. The van der Waals surface area contributed by atoms with Crippen LogP contribution in [0, 0.1) is 11.7 Å². The van der Waals surface area contributed by atoms with Crippen LogP contribution in [-0.4, -0.2) is 30.5 Å². The van der Waals surface area contributed by atoms with Crippen LogP contribution in [0.5, 0.6) is 0 Å². The van der Waals surface area contributed by atoms with Crippen LogP contribution in [0.2, 0.25) is 0 Å². The summed E-state index contributed by atoms with van der Waals surface area (Å²) in [7, 11) is 0. The van der Waals surface area contributed by atoms with Crippen LogP contribution in [0.3, 0.4) is 0 Å². The number of thiazole rings is 1. The van der Waals surface area contributed by atoms with Crippen molar-refractivity contribution in [1.82, 2.24) is 10.3 Å². The molecule has 1 fully saturated rings. The second-order valence-corrected chi connectivity index (χ2v) is 6.27. The number of halogens is 1. The molecule has 0 unspecified atom stereocenters. The number of nitrogens with one attached hydrogen (secondary N) is 1. The highest BCUT2D eigenvalue weighted by atomic mass is 32.1. The Balaban J connectivity index is 1.69. The molecule has 0 atom stereocenters. The quantitative estimate of drug-likeness (QED) is 0.948. The lowest BCUT2D eigenvalue weighted by Gasteiger charge is -2.30. The summed E-state index contributed by atoms with van der Waals surface area (Å²) in [4.78, 5) is 18.6. The highest BCUT2D eigenvalue weighted by molar-refractivity contribution is 7.22. The first-order valence-corrected chi connectivity index (χ1v) is 8.07. The zero-order chi connectivity index (χ0) is 14.8. The predicted octanol–water partition coefficient (Wildman–Crippen LogP) is 2.79. The van der Waals surface area contributed by atoms with Gasteiger partial charge in [-0.15, -0.1) is 0 Å². The van der Waals surface area contributed by atoms with Gasteiger partial charge in [0.05, 0.1) is 10.2 Å². The monoisotopic (exact) mass is 307 g/mol.